The van der Waals surface area contributed by atoms with Crippen LogP contribution in [0.25, 0.3) is 109 Å². The molecule has 0 radical (unpaired) electrons. The Morgan fingerprint density at radius 2 is 0.780 bits per heavy atom. The van der Waals surface area contributed by atoms with Gasteiger partial charge in [0.15, 0.2) is 23.0 Å². The van der Waals surface area contributed by atoms with E-state index in [9.17, 15) is 40.9 Å². The monoisotopic (exact) mass is 774 g/mol. The number of fused-ring (bicyclic) bond motifs is 9. The predicted molar refractivity (Wildman–Crippen MR) is 231 cm³/mol. The van der Waals surface area contributed by atoms with Gasteiger partial charge in [-0.3, -0.25) is 0 Å². The molecule has 1 heterocycles. The zero-order valence-corrected chi connectivity index (χ0v) is 30.7. The van der Waals surface area contributed by atoms with Crippen molar-refractivity contribution in [2.45, 2.75) is 0 Å². The van der Waals surface area contributed by atoms with Crippen molar-refractivity contribution in [3.8, 4) is 79.4 Å². The van der Waals surface area contributed by atoms with Gasteiger partial charge in [-0.05, 0) is 84.9 Å². The van der Waals surface area contributed by atoms with E-state index in [1.807, 2.05) is 91.0 Å². The second-order valence-electron chi connectivity index (χ2n) is 14.8. The van der Waals surface area contributed by atoms with Crippen molar-refractivity contribution in [1.29, 1.82) is 0 Å². The van der Waals surface area contributed by atoms with Gasteiger partial charge in [0.1, 0.15) is 11.2 Å². The van der Waals surface area contributed by atoms with Crippen LogP contribution in [0.2, 0.25) is 0 Å². The van der Waals surface area contributed by atoms with Crippen molar-refractivity contribution in [2.24, 2.45) is 0 Å². The molecular formula is C50H30O9. The lowest BCUT2D eigenvalue weighted by Crippen LogP contribution is -1.95. The summed E-state index contributed by atoms with van der Waals surface area (Å²) in [5.41, 5.74) is 3.25. The summed E-state index contributed by atoms with van der Waals surface area (Å²) >= 11 is 0. The maximum atomic E-state index is 11.9. The Kier molecular flexibility index (Phi) is 6.97. The first-order valence-electron chi connectivity index (χ1n) is 18.7. The fraction of sp³-hybridized carbons (Fsp3) is 0. The van der Waals surface area contributed by atoms with Crippen LogP contribution in [0.15, 0.2) is 138 Å². The second kappa shape index (κ2) is 12.1. The van der Waals surface area contributed by atoms with E-state index in [0.29, 0.717) is 27.7 Å². The topological polar surface area (TPSA) is 175 Å². The molecule has 0 aliphatic carbocycles. The summed E-state index contributed by atoms with van der Waals surface area (Å²) in [6, 6.07) is 41.9. The Morgan fingerprint density at radius 1 is 0.288 bits per heavy atom. The van der Waals surface area contributed by atoms with E-state index in [1.165, 1.54) is 0 Å². The molecule has 0 atom stereocenters. The van der Waals surface area contributed by atoms with Gasteiger partial charge in [0.25, 0.3) is 0 Å². The zero-order valence-electron chi connectivity index (χ0n) is 30.7. The number of hydrogen-bond acceptors (Lipinski definition) is 9. The summed E-state index contributed by atoms with van der Waals surface area (Å²) in [4.78, 5) is 0. The Bertz CT molecular complexity index is 3580. The molecule has 0 aliphatic heterocycles. The lowest BCUT2D eigenvalue weighted by molar-refractivity contribution is 0.350. The maximum Gasteiger partial charge on any atom is 0.204 e. The van der Waals surface area contributed by atoms with Gasteiger partial charge in [-0.25, -0.2) is 0 Å². The van der Waals surface area contributed by atoms with Crippen LogP contribution in [0.5, 0.6) is 46.0 Å². The van der Waals surface area contributed by atoms with E-state index < -0.39 is 46.0 Å². The average Bonchev–Trinajstić information content (AvgIpc) is 3.63. The Balaban J connectivity index is 1.28. The van der Waals surface area contributed by atoms with Crippen molar-refractivity contribution in [2.75, 3.05) is 0 Å². The quantitative estimate of drug-likeness (QED) is 0.0376. The molecule has 0 fully saturated rings. The van der Waals surface area contributed by atoms with Crippen LogP contribution in [-0.4, -0.2) is 40.9 Å². The zero-order chi connectivity index (χ0) is 40.4. The number of rotatable bonds is 3. The summed E-state index contributed by atoms with van der Waals surface area (Å²) in [6.07, 6.45) is 0. The number of furan rings is 1. The molecule has 9 heteroatoms. The van der Waals surface area contributed by atoms with E-state index >= 15 is 0 Å². The molecule has 59 heavy (non-hydrogen) atoms. The minimum Gasteiger partial charge on any atom is -0.504 e. The van der Waals surface area contributed by atoms with Crippen LogP contribution in [0.4, 0.5) is 0 Å². The van der Waals surface area contributed by atoms with Crippen LogP contribution < -0.4 is 0 Å². The minimum atomic E-state index is -1.04. The average molecular weight is 775 g/mol. The van der Waals surface area contributed by atoms with E-state index in [2.05, 4.69) is 6.07 Å². The SMILES string of the molecule is Oc1c(O)c(O)c2c(-c3ccc4oc5cc6ccccc6cc5c4c3)c3c(O)c(O)c(O)c(O)c3c(-c3cccc(-c4cccc5ccc6ccccc6c45)c3)c2c1O. The third-order valence-corrected chi connectivity index (χ3v) is 11.7. The van der Waals surface area contributed by atoms with Gasteiger partial charge in [0.05, 0.1) is 0 Å². The predicted octanol–water partition coefficient (Wildman–Crippen LogP) is 12.0. The third kappa shape index (κ3) is 4.66. The van der Waals surface area contributed by atoms with Crippen LogP contribution in [-0.2, 0) is 0 Å². The summed E-state index contributed by atoms with van der Waals surface area (Å²) in [7, 11) is 0. The second-order valence-corrected chi connectivity index (χ2v) is 14.8. The lowest BCUT2D eigenvalue weighted by Gasteiger charge is -2.23. The first kappa shape index (κ1) is 34.0. The van der Waals surface area contributed by atoms with Gasteiger partial charge in [0, 0.05) is 43.4 Å². The molecule has 10 aromatic carbocycles. The Morgan fingerprint density at radius 3 is 1.42 bits per heavy atom. The molecule has 8 N–H and O–H groups in total. The van der Waals surface area contributed by atoms with Crippen molar-refractivity contribution in [1.82, 2.24) is 0 Å². The molecule has 0 unspecified atom stereocenters. The van der Waals surface area contributed by atoms with Crippen LogP contribution in [0.3, 0.4) is 0 Å². The largest absolute Gasteiger partial charge is 0.504 e. The molecule has 1 aromatic heterocycles. The Labute approximate surface area is 333 Å². The van der Waals surface area contributed by atoms with Gasteiger partial charge in [-0.1, -0.05) is 103 Å². The first-order valence-corrected chi connectivity index (χ1v) is 18.7. The van der Waals surface area contributed by atoms with Crippen molar-refractivity contribution in [3.63, 3.8) is 0 Å². The minimum absolute atomic E-state index is 0.0294. The van der Waals surface area contributed by atoms with Gasteiger partial charge < -0.3 is 45.3 Å². The molecule has 0 amide bonds. The highest BCUT2D eigenvalue weighted by Gasteiger charge is 2.32. The molecule has 0 saturated carbocycles. The maximum absolute atomic E-state index is 11.9. The number of phenols is 8. The van der Waals surface area contributed by atoms with Crippen molar-refractivity contribution >= 4 is 75.8 Å². The first-order chi connectivity index (χ1) is 28.6. The normalized spacial score (nSPS) is 11.9. The van der Waals surface area contributed by atoms with E-state index in [4.69, 9.17) is 4.42 Å². The van der Waals surface area contributed by atoms with Gasteiger partial charge in [-0.15, -0.1) is 0 Å². The fourth-order valence-corrected chi connectivity index (χ4v) is 8.96. The summed E-state index contributed by atoms with van der Waals surface area (Å²) < 4.78 is 6.23. The van der Waals surface area contributed by atoms with Crippen LogP contribution in [0.1, 0.15) is 0 Å². The van der Waals surface area contributed by atoms with Gasteiger partial charge in [0.2, 0.25) is 23.0 Å². The lowest BCUT2D eigenvalue weighted by atomic mass is 9.82. The molecule has 0 bridgehead atoms. The standard InChI is InChI=1S/C50H30O9/c51-43-39-37(28-12-5-11-27(19-28)31-14-6-10-24-16-15-23-7-3-4-13-30(23)36(24)31)40-42(46(54)50(58)48(56)44(40)52)38(41(39)45(53)49(57)47(43)55)29-17-18-34-32(21-29)33-20-25-8-1-2-9-26(25)22-35(33)59-34/h1-22,51-58H. The molecule has 0 spiro atoms. The van der Waals surface area contributed by atoms with Crippen LogP contribution in [0, 0.1) is 0 Å². The highest BCUT2D eigenvalue weighted by Crippen LogP contribution is 2.62. The summed E-state index contributed by atoms with van der Waals surface area (Å²) in [5.74, 6) is -7.52. The fourth-order valence-electron chi connectivity index (χ4n) is 8.96. The highest BCUT2D eigenvalue weighted by atomic mass is 16.4. The molecule has 11 aromatic rings. The molecule has 284 valence electrons. The third-order valence-electron chi connectivity index (χ3n) is 11.7. The van der Waals surface area contributed by atoms with Gasteiger partial charge in [-0.2, -0.15) is 0 Å². The van der Waals surface area contributed by atoms with Gasteiger partial charge >= 0.3 is 0 Å². The van der Waals surface area contributed by atoms with E-state index in [-0.39, 0.29) is 32.7 Å². The summed E-state index contributed by atoms with van der Waals surface area (Å²) in [6.45, 7) is 0. The number of phenolic OH excluding ortho intramolecular Hbond substituents is 8. The van der Waals surface area contributed by atoms with Crippen molar-refractivity contribution < 1.29 is 45.3 Å². The van der Waals surface area contributed by atoms with Crippen molar-refractivity contribution in [3.05, 3.63) is 133 Å². The van der Waals surface area contributed by atoms with E-state index in [0.717, 1.165) is 48.8 Å². The number of hydrogen-bond donors (Lipinski definition) is 8. The smallest absolute Gasteiger partial charge is 0.204 e. The molecule has 0 aliphatic rings. The molecule has 9 nitrogen and oxygen atoms in total. The Hall–Kier alpha value is -8.30. The number of aromatic hydroxyl groups is 8. The highest BCUT2D eigenvalue weighted by molar-refractivity contribution is 6.29. The molecule has 11 rings (SSSR count). The van der Waals surface area contributed by atoms with E-state index in [1.54, 1.807) is 36.4 Å². The molecular weight excluding hydrogens is 745 g/mol. The molecule has 0 saturated heterocycles. The summed E-state index contributed by atoms with van der Waals surface area (Å²) in [5, 5.41) is 98.3. The number of benzene rings is 10. The van der Waals surface area contributed by atoms with Crippen LogP contribution >= 0.6 is 0 Å².